The Labute approximate surface area is 223 Å². The van der Waals surface area contributed by atoms with Crippen LogP contribution in [0.4, 0.5) is 0 Å². The van der Waals surface area contributed by atoms with Crippen LogP contribution < -0.4 is 4.74 Å². The van der Waals surface area contributed by atoms with Crippen LogP contribution in [-0.2, 0) is 18.4 Å². The average molecular weight is 537 g/mol. The predicted molar refractivity (Wildman–Crippen MR) is 147 cm³/mol. The van der Waals surface area contributed by atoms with E-state index in [0.717, 1.165) is 38.9 Å². The molecule has 0 radical (unpaired) electrons. The van der Waals surface area contributed by atoms with Crippen molar-refractivity contribution in [3.05, 3.63) is 82.4 Å². The summed E-state index contributed by atoms with van der Waals surface area (Å²) in [4.78, 5) is 12.3. The van der Waals surface area contributed by atoms with Crippen molar-refractivity contribution in [2.45, 2.75) is 50.7 Å². The number of hydrogen-bond acceptors (Lipinski definition) is 7. The first-order valence-corrected chi connectivity index (χ1v) is 14.0. The van der Waals surface area contributed by atoms with Gasteiger partial charge in [-0.1, -0.05) is 41.6 Å². The van der Waals surface area contributed by atoms with Crippen LogP contribution in [0.2, 0.25) is 0 Å². The summed E-state index contributed by atoms with van der Waals surface area (Å²) in [5, 5.41) is 18.2. The lowest BCUT2D eigenvalue weighted by Crippen LogP contribution is -2.33. The smallest absolute Gasteiger partial charge is 0.304 e. The van der Waals surface area contributed by atoms with E-state index in [-0.39, 0.29) is 19.1 Å². The summed E-state index contributed by atoms with van der Waals surface area (Å²) >= 11 is 0. The molecule has 2 heterocycles. The van der Waals surface area contributed by atoms with Gasteiger partial charge in [-0.15, -0.1) is 15.9 Å². The second-order valence-corrected chi connectivity index (χ2v) is 11.9. The minimum absolute atomic E-state index is 0.0910. The largest absolute Gasteiger partial charge is 0.487 e. The standard InChI is InChI=1S/C28H32N4O5S/c1-17-9-10-20(23(14-27(33)34)22-11-12-24-28(19(22)3)29-30-31(24)4)13-21(17)16-32-15-18(2)37-25-7-5-6-8-26(25)38(32,35)36/h5-13,18,23,35-36H,14-16H2,1-4H3,(H,33,34)/t18-,23?/m0/s1. The van der Waals surface area contributed by atoms with E-state index in [4.69, 9.17) is 4.74 Å². The van der Waals surface area contributed by atoms with Crippen LogP contribution in [0.3, 0.4) is 0 Å². The Morgan fingerprint density at radius 2 is 1.92 bits per heavy atom. The highest BCUT2D eigenvalue weighted by Crippen LogP contribution is 2.57. The molecule has 0 aliphatic carbocycles. The van der Waals surface area contributed by atoms with Gasteiger partial charge in [0.25, 0.3) is 0 Å². The Hall–Kier alpha value is -3.44. The van der Waals surface area contributed by atoms with E-state index in [1.807, 2.05) is 64.2 Å². The number of rotatable bonds is 6. The SMILES string of the molecule is Cc1ccc(C(CC(=O)O)c2ccc3c(nnn3C)c2C)cc1CN1C[C@H](C)Oc2ccccc2S1(O)O. The third kappa shape index (κ3) is 4.76. The van der Waals surface area contributed by atoms with Gasteiger partial charge in [0.05, 0.1) is 18.5 Å². The van der Waals surface area contributed by atoms with Crippen LogP contribution in [0.5, 0.6) is 5.75 Å². The lowest BCUT2D eigenvalue weighted by atomic mass is 9.84. The zero-order valence-corrected chi connectivity index (χ0v) is 22.6. The summed E-state index contributed by atoms with van der Waals surface area (Å²) in [7, 11) is -1.48. The van der Waals surface area contributed by atoms with Crippen molar-refractivity contribution in [2.75, 3.05) is 6.54 Å². The number of ether oxygens (including phenoxy) is 1. The van der Waals surface area contributed by atoms with Gasteiger partial charge in [-0.3, -0.25) is 13.9 Å². The molecule has 1 aromatic heterocycles. The molecule has 5 rings (SSSR count). The zero-order valence-electron chi connectivity index (χ0n) is 21.8. The number of carboxylic acid groups (broad SMARTS) is 1. The van der Waals surface area contributed by atoms with Crippen molar-refractivity contribution in [2.24, 2.45) is 7.05 Å². The lowest BCUT2D eigenvalue weighted by Gasteiger charge is -2.42. The van der Waals surface area contributed by atoms with E-state index in [1.165, 1.54) is 0 Å². The van der Waals surface area contributed by atoms with Gasteiger partial charge >= 0.3 is 5.97 Å². The van der Waals surface area contributed by atoms with E-state index in [1.54, 1.807) is 27.2 Å². The van der Waals surface area contributed by atoms with Gasteiger partial charge in [0.2, 0.25) is 0 Å². The van der Waals surface area contributed by atoms with E-state index >= 15 is 0 Å². The normalized spacial score (nSPS) is 18.8. The minimum atomic E-state index is -3.30. The van der Waals surface area contributed by atoms with Crippen molar-refractivity contribution >= 4 is 27.8 Å². The Morgan fingerprint density at radius 3 is 2.68 bits per heavy atom. The molecule has 9 nitrogen and oxygen atoms in total. The fourth-order valence-electron chi connectivity index (χ4n) is 5.19. The number of hydrogen-bond donors (Lipinski definition) is 3. The first-order valence-electron chi connectivity index (χ1n) is 12.5. The first-order chi connectivity index (χ1) is 18.1. The third-order valence-electron chi connectivity index (χ3n) is 7.25. The molecule has 4 aromatic rings. The topological polar surface area (TPSA) is 121 Å². The maximum absolute atomic E-state index is 12.0. The maximum atomic E-state index is 12.0. The van der Waals surface area contributed by atoms with E-state index in [2.05, 4.69) is 10.3 Å². The van der Waals surface area contributed by atoms with Gasteiger partial charge in [0.1, 0.15) is 22.3 Å². The Morgan fingerprint density at radius 1 is 1.16 bits per heavy atom. The number of aromatic nitrogens is 3. The number of benzene rings is 3. The van der Waals surface area contributed by atoms with Crippen molar-refractivity contribution in [1.82, 2.24) is 19.3 Å². The number of carboxylic acids is 1. The van der Waals surface area contributed by atoms with E-state index in [9.17, 15) is 19.0 Å². The molecular formula is C28H32N4O5S. The van der Waals surface area contributed by atoms with Crippen LogP contribution in [0.15, 0.2) is 59.5 Å². The highest BCUT2D eigenvalue weighted by molar-refractivity contribution is 8.22. The Bertz CT molecular complexity index is 1520. The van der Waals surface area contributed by atoms with Gasteiger partial charge in [-0.25, -0.2) is 4.68 Å². The average Bonchev–Trinajstić information content (AvgIpc) is 3.21. The molecule has 0 amide bonds. The zero-order chi connectivity index (χ0) is 27.2. The molecule has 1 unspecified atom stereocenters. The fraction of sp³-hybridized carbons (Fsp3) is 0.321. The van der Waals surface area contributed by atoms with Crippen LogP contribution in [0, 0.1) is 13.8 Å². The van der Waals surface area contributed by atoms with Crippen molar-refractivity contribution in [1.29, 1.82) is 0 Å². The lowest BCUT2D eigenvalue weighted by molar-refractivity contribution is -0.137. The summed E-state index contributed by atoms with van der Waals surface area (Å²) in [5.74, 6) is -0.838. The number of para-hydroxylation sites is 1. The molecule has 2 atom stereocenters. The Kier molecular flexibility index (Phi) is 6.91. The van der Waals surface area contributed by atoms with E-state index < -0.39 is 22.7 Å². The molecule has 0 fully saturated rings. The first kappa shape index (κ1) is 26.2. The van der Waals surface area contributed by atoms with Gasteiger partial charge in [-0.2, -0.15) is 4.31 Å². The Balaban J connectivity index is 1.54. The third-order valence-corrected chi connectivity index (χ3v) is 9.17. The molecule has 1 aliphatic rings. The second-order valence-electron chi connectivity index (χ2n) is 9.91. The monoisotopic (exact) mass is 536 g/mol. The molecule has 200 valence electrons. The van der Waals surface area contributed by atoms with Crippen molar-refractivity contribution < 1.29 is 23.7 Å². The molecule has 38 heavy (non-hydrogen) atoms. The van der Waals surface area contributed by atoms with Gasteiger partial charge in [0, 0.05) is 19.5 Å². The van der Waals surface area contributed by atoms with Gasteiger partial charge in [0.15, 0.2) is 0 Å². The van der Waals surface area contributed by atoms with Crippen LogP contribution in [-0.4, -0.2) is 52.1 Å². The minimum Gasteiger partial charge on any atom is -0.487 e. The predicted octanol–water partition coefficient (Wildman–Crippen LogP) is 5.50. The molecule has 1 aliphatic heterocycles. The summed E-state index contributed by atoms with van der Waals surface area (Å²) < 4.78 is 32.0. The highest BCUT2D eigenvalue weighted by atomic mass is 32.3. The molecule has 0 spiro atoms. The number of carbonyl (C=O) groups is 1. The highest BCUT2D eigenvalue weighted by Gasteiger charge is 2.34. The molecule has 3 aromatic carbocycles. The number of aryl methyl sites for hydroxylation is 3. The van der Waals surface area contributed by atoms with E-state index in [0.29, 0.717) is 17.2 Å². The molecule has 3 N–H and O–H groups in total. The molecule has 0 saturated heterocycles. The van der Waals surface area contributed by atoms with Crippen molar-refractivity contribution in [3.63, 3.8) is 0 Å². The van der Waals surface area contributed by atoms with Crippen LogP contribution in [0.25, 0.3) is 11.0 Å². The molecule has 0 bridgehead atoms. The quantitative estimate of drug-likeness (QED) is 0.295. The number of nitrogens with zero attached hydrogens (tertiary/aromatic N) is 4. The molecule has 0 saturated carbocycles. The summed E-state index contributed by atoms with van der Waals surface area (Å²) in [6, 6.07) is 16.8. The van der Waals surface area contributed by atoms with Crippen LogP contribution >= 0.6 is 10.8 Å². The van der Waals surface area contributed by atoms with Crippen LogP contribution in [0.1, 0.15) is 47.1 Å². The van der Waals surface area contributed by atoms with Crippen molar-refractivity contribution in [3.8, 4) is 5.75 Å². The van der Waals surface area contributed by atoms with Gasteiger partial charge < -0.3 is 9.84 Å². The maximum Gasteiger partial charge on any atom is 0.304 e. The van der Waals surface area contributed by atoms with Gasteiger partial charge in [-0.05, 0) is 66.8 Å². The second kappa shape index (κ2) is 10.0. The summed E-state index contributed by atoms with van der Waals surface area (Å²) in [5.41, 5.74) is 6.12. The summed E-state index contributed by atoms with van der Waals surface area (Å²) in [6.45, 7) is 6.41. The fourth-order valence-corrected chi connectivity index (χ4v) is 6.85. The molecule has 10 heteroatoms. The number of aliphatic carboxylic acids is 1. The summed E-state index contributed by atoms with van der Waals surface area (Å²) in [6.07, 6.45) is -0.346. The number of fused-ring (bicyclic) bond motifs is 2. The molecular weight excluding hydrogens is 504 g/mol.